The molecule has 0 aromatic heterocycles. The Morgan fingerprint density at radius 3 is 2.42 bits per heavy atom. The van der Waals surface area contributed by atoms with E-state index in [0.29, 0.717) is 6.07 Å². The minimum absolute atomic E-state index is 0.255. The normalized spacial score (nSPS) is 13.1. The molecule has 1 atom stereocenters. The van der Waals surface area contributed by atoms with Gasteiger partial charge in [-0.2, -0.15) is 0 Å². The van der Waals surface area contributed by atoms with Crippen LogP contribution in [0.3, 0.4) is 0 Å². The first kappa shape index (κ1) is 15.4. The van der Waals surface area contributed by atoms with Crippen LogP contribution in [-0.4, -0.2) is 37.5 Å². The summed E-state index contributed by atoms with van der Waals surface area (Å²) in [6.07, 6.45) is 1.02. The highest BCUT2D eigenvalue weighted by atomic mass is 32.2. The van der Waals surface area contributed by atoms with Gasteiger partial charge >= 0.3 is 5.97 Å². The second-order valence-corrected chi connectivity index (χ2v) is 6.44. The number of benzene rings is 1. The zero-order valence-corrected chi connectivity index (χ0v) is 11.1. The lowest BCUT2D eigenvalue weighted by Crippen LogP contribution is -2.25. The number of hydrogen-bond acceptors (Lipinski definition) is 4. The van der Waals surface area contributed by atoms with Crippen LogP contribution in [0, 0.1) is 11.6 Å². The van der Waals surface area contributed by atoms with Crippen molar-refractivity contribution in [2.45, 2.75) is 13.0 Å². The first-order chi connectivity index (χ1) is 8.60. The van der Waals surface area contributed by atoms with Crippen LogP contribution in [0.1, 0.15) is 17.3 Å². The lowest BCUT2D eigenvalue weighted by Gasteiger charge is -2.15. The molecule has 0 amide bonds. The molecule has 0 spiro atoms. The summed E-state index contributed by atoms with van der Waals surface area (Å²) in [6, 6.07) is 0.599. The molecule has 0 aliphatic rings. The van der Waals surface area contributed by atoms with Crippen LogP contribution >= 0.6 is 0 Å². The van der Waals surface area contributed by atoms with Crippen molar-refractivity contribution in [1.82, 2.24) is 0 Å². The number of carbonyl (C=O) groups is 1. The van der Waals surface area contributed by atoms with Gasteiger partial charge < -0.3 is 10.4 Å². The zero-order valence-electron chi connectivity index (χ0n) is 10.3. The van der Waals surface area contributed by atoms with Gasteiger partial charge in [0.25, 0.3) is 0 Å². The summed E-state index contributed by atoms with van der Waals surface area (Å²) < 4.78 is 48.7. The van der Waals surface area contributed by atoms with Gasteiger partial charge in [0, 0.05) is 18.4 Å². The number of hydrogen-bond donors (Lipinski definition) is 2. The number of sulfone groups is 1. The average Bonchev–Trinajstić information content (AvgIpc) is 2.18. The lowest BCUT2D eigenvalue weighted by atomic mass is 10.1. The molecule has 0 fully saturated rings. The quantitative estimate of drug-likeness (QED) is 0.859. The molecule has 106 valence electrons. The molecule has 8 heteroatoms. The van der Waals surface area contributed by atoms with Crippen molar-refractivity contribution in [2.24, 2.45) is 0 Å². The predicted octanol–water partition coefficient (Wildman–Crippen LogP) is 1.51. The van der Waals surface area contributed by atoms with Gasteiger partial charge in [-0.05, 0) is 13.0 Å². The maximum absolute atomic E-state index is 13.4. The monoisotopic (exact) mass is 293 g/mol. The highest BCUT2D eigenvalue weighted by Crippen LogP contribution is 2.20. The molecule has 0 saturated carbocycles. The van der Waals surface area contributed by atoms with E-state index < -0.39 is 39.0 Å². The number of carboxylic acid groups (broad SMARTS) is 1. The Kier molecular flexibility index (Phi) is 4.46. The number of aromatic carboxylic acids is 1. The maximum Gasteiger partial charge on any atom is 0.338 e. The van der Waals surface area contributed by atoms with E-state index in [0.717, 1.165) is 12.3 Å². The minimum atomic E-state index is -3.27. The molecule has 1 aromatic rings. The molecular weight excluding hydrogens is 280 g/mol. The Labute approximate surface area is 109 Å². The van der Waals surface area contributed by atoms with E-state index in [1.807, 2.05) is 0 Å². The van der Waals surface area contributed by atoms with Crippen LogP contribution in [0.15, 0.2) is 12.1 Å². The molecule has 0 bridgehead atoms. The smallest absolute Gasteiger partial charge is 0.338 e. The predicted molar refractivity (Wildman–Crippen MR) is 66.1 cm³/mol. The maximum atomic E-state index is 13.4. The van der Waals surface area contributed by atoms with Crippen LogP contribution in [-0.2, 0) is 9.84 Å². The number of anilines is 1. The van der Waals surface area contributed by atoms with Gasteiger partial charge in [0.05, 0.1) is 17.0 Å². The van der Waals surface area contributed by atoms with E-state index >= 15 is 0 Å². The Morgan fingerprint density at radius 1 is 1.37 bits per heavy atom. The van der Waals surface area contributed by atoms with Gasteiger partial charge in [-0.3, -0.25) is 0 Å². The summed E-state index contributed by atoms with van der Waals surface area (Å²) in [4.78, 5) is 10.7. The average molecular weight is 293 g/mol. The van der Waals surface area contributed by atoms with Crippen molar-refractivity contribution in [3.05, 3.63) is 29.3 Å². The fraction of sp³-hybridized carbons (Fsp3) is 0.364. The van der Waals surface area contributed by atoms with Crippen molar-refractivity contribution in [2.75, 3.05) is 17.3 Å². The van der Waals surface area contributed by atoms with Gasteiger partial charge in [-0.25, -0.2) is 22.0 Å². The van der Waals surface area contributed by atoms with Gasteiger partial charge in [-0.1, -0.05) is 0 Å². The van der Waals surface area contributed by atoms with Crippen LogP contribution in [0.25, 0.3) is 0 Å². The first-order valence-electron chi connectivity index (χ1n) is 5.26. The molecule has 0 radical (unpaired) electrons. The SMILES string of the molecule is CC(CS(C)(=O)=O)Nc1cc(C(=O)O)c(F)cc1F. The minimum Gasteiger partial charge on any atom is -0.478 e. The highest BCUT2D eigenvalue weighted by Gasteiger charge is 2.17. The number of nitrogens with one attached hydrogen (secondary N) is 1. The van der Waals surface area contributed by atoms with Crippen LogP contribution in [0.2, 0.25) is 0 Å². The molecular formula is C11H13F2NO4S. The van der Waals surface area contributed by atoms with Gasteiger partial charge in [0.2, 0.25) is 0 Å². The third kappa shape index (κ3) is 4.47. The largest absolute Gasteiger partial charge is 0.478 e. The topological polar surface area (TPSA) is 83.5 Å². The van der Waals surface area contributed by atoms with E-state index in [2.05, 4.69) is 5.32 Å². The van der Waals surface area contributed by atoms with Crippen molar-refractivity contribution >= 4 is 21.5 Å². The Balaban J connectivity index is 3.01. The van der Waals surface area contributed by atoms with Crippen molar-refractivity contribution in [3.63, 3.8) is 0 Å². The molecule has 5 nitrogen and oxygen atoms in total. The van der Waals surface area contributed by atoms with Crippen molar-refractivity contribution < 1.29 is 27.1 Å². The first-order valence-corrected chi connectivity index (χ1v) is 7.33. The van der Waals surface area contributed by atoms with Gasteiger partial charge in [0.15, 0.2) is 0 Å². The Morgan fingerprint density at radius 2 is 1.95 bits per heavy atom. The molecule has 0 aliphatic carbocycles. The van der Waals surface area contributed by atoms with Crippen LogP contribution in [0.5, 0.6) is 0 Å². The summed E-state index contributed by atoms with van der Waals surface area (Å²) in [5.74, 6) is -3.96. The number of halogens is 2. The lowest BCUT2D eigenvalue weighted by molar-refractivity contribution is 0.0692. The third-order valence-electron chi connectivity index (χ3n) is 2.24. The zero-order chi connectivity index (χ0) is 14.8. The molecule has 2 N–H and O–H groups in total. The number of carboxylic acids is 1. The van der Waals surface area contributed by atoms with Crippen LogP contribution in [0.4, 0.5) is 14.5 Å². The molecule has 1 rings (SSSR count). The molecule has 1 aromatic carbocycles. The van der Waals surface area contributed by atoms with Gasteiger partial charge in [-0.15, -0.1) is 0 Å². The molecule has 19 heavy (non-hydrogen) atoms. The second kappa shape index (κ2) is 5.52. The van der Waals surface area contributed by atoms with E-state index in [9.17, 15) is 22.0 Å². The fourth-order valence-corrected chi connectivity index (χ4v) is 2.58. The molecule has 0 heterocycles. The molecule has 0 saturated heterocycles. The standard InChI is InChI=1S/C11H13F2NO4S/c1-6(5-19(2,17)18)14-10-3-7(11(15)16)8(12)4-9(10)13/h3-4,6,14H,5H2,1-2H3,(H,15,16). The molecule has 0 aliphatic heterocycles. The highest BCUT2D eigenvalue weighted by molar-refractivity contribution is 7.90. The van der Waals surface area contributed by atoms with E-state index in [-0.39, 0.29) is 11.4 Å². The van der Waals surface area contributed by atoms with E-state index in [1.54, 1.807) is 0 Å². The summed E-state index contributed by atoms with van der Waals surface area (Å²) in [7, 11) is -3.27. The van der Waals surface area contributed by atoms with Crippen LogP contribution < -0.4 is 5.32 Å². The Hall–Kier alpha value is -1.70. The Bertz CT molecular complexity index is 601. The third-order valence-corrected chi connectivity index (χ3v) is 3.35. The number of rotatable bonds is 5. The van der Waals surface area contributed by atoms with E-state index in [4.69, 9.17) is 5.11 Å². The summed E-state index contributed by atoms with van der Waals surface area (Å²) >= 11 is 0. The van der Waals surface area contributed by atoms with Gasteiger partial charge in [0.1, 0.15) is 21.5 Å². The molecule has 1 unspecified atom stereocenters. The summed E-state index contributed by atoms with van der Waals surface area (Å²) in [5.41, 5.74) is -0.939. The van der Waals surface area contributed by atoms with Crippen molar-refractivity contribution in [1.29, 1.82) is 0 Å². The fourth-order valence-electron chi connectivity index (χ4n) is 1.58. The summed E-state index contributed by atoms with van der Waals surface area (Å²) in [6.45, 7) is 1.49. The second-order valence-electron chi connectivity index (χ2n) is 4.25. The van der Waals surface area contributed by atoms with E-state index in [1.165, 1.54) is 6.92 Å². The summed E-state index contributed by atoms with van der Waals surface area (Å²) in [5, 5.41) is 11.2. The van der Waals surface area contributed by atoms with Crippen molar-refractivity contribution in [3.8, 4) is 0 Å².